The van der Waals surface area contributed by atoms with Crippen LogP contribution < -0.4 is 0 Å². The molecule has 13 heavy (non-hydrogen) atoms. The van der Waals surface area contributed by atoms with Gasteiger partial charge in [0.15, 0.2) is 12.1 Å². The molecule has 1 rings (SSSR count). The van der Waals surface area contributed by atoms with E-state index in [0.29, 0.717) is 6.07 Å². The topological polar surface area (TPSA) is 30.0 Å². The van der Waals surface area contributed by atoms with Crippen molar-refractivity contribution in [1.82, 2.24) is 4.98 Å². The van der Waals surface area contributed by atoms with Gasteiger partial charge in [-0.05, 0) is 22.0 Å². The van der Waals surface area contributed by atoms with E-state index < -0.39 is 23.5 Å². The summed E-state index contributed by atoms with van der Waals surface area (Å²) >= 11 is 2.68. The Balaban J connectivity index is 3.32. The van der Waals surface area contributed by atoms with Crippen LogP contribution in [-0.2, 0) is 0 Å². The summed E-state index contributed by atoms with van der Waals surface area (Å²) in [5.41, 5.74) is -1.15. The Kier molecular flexibility index (Phi) is 3.02. The molecule has 2 nitrogen and oxygen atoms in total. The van der Waals surface area contributed by atoms with Gasteiger partial charge in [-0.1, -0.05) is 0 Å². The first-order chi connectivity index (χ1) is 6.06. The van der Waals surface area contributed by atoms with Crippen LogP contribution in [0.1, 0.15) is 22.5 Å². The summed E-state index contributed by atoms with van der Waals surface area (Å²) in [7, 11) is 0. The van der Waals surface area contributed by atoms with Gasteiger partial charge in [0.25, 0.3) is 6.43 Å². The summed E-state index contributed by atoms with van der Waals surface area (Å²) in [5.74, 6) is -0.916. The summed E-state index contributed by atoms with van der Waals surface area (Å²) in [4.78, 5) is 13.6. The fourth-order valence-corrected chi connectivity index (χ4v) is 1.07. The Morgan fingerprint density at radius 2 is 2.15 bits per heavy atom. The third-order valence-electron chi connectivity index (χ3n) is 1.34. The maximum atomic E-state index is 12.7. The standard InChI is InChI=1S/C7H3BrF3NO/c8-6-4(9)1-3(7(10)11)5(2-13)12-6/h1-2,7H. The average Bonchev–Trinajstić information content (AvgIpc) is 2.08. The molecule has 0 saturated carbocycles. The molecule has 0 fully saturated rings. The van der Waals surface area contributed by atoms with Crippen LogP contribution in [-0.4, -0.2) is 11.3 Å². The molecule has 0 aliphatic carbocycles. The molecule has 0 radical (unpaired) electrons. The number of rotatable bonds is 2. The maximum absolute atomic E-state index is 12.7. The van der Waals surface area contributed by atoms with E-state index in [0.717, 1.165) is 0 Å². The van der Waals surface area contributed by atoms with Crippen molar-refractivity contribution in [3.8, 4) is 0 Å². The van der Waals surface area contributed by atoms with Crippen molar-refractivity contribution >= 4 is 22.2 Å². The minimum atomic E-state index is -2.91. The highest BCUT2D eigenvalue weighted by Gasteiger charge is 2.16. The van der Waals surface area contributed by atoms with Crippen molar-refractivity contribution in [2.24, 2.45) is 0 Å². The molecule has 0 N–H and O–H groups in total. The van der Waals surface area contributed by atoms with Gasteiger partial charge in [-0.15, -0.1) is 0 Å². The number of aromatic nitrogens is 1. The Morgan fingerprint density at radius 1 is 1.54 bits per heavy atom. The highest BCUT2D eigenvalue weighted by atomic mass is 79.9. The van der Waals surface area contributed by atoms with Crippen LogP contribution in [0.15, 0.2) is 10.7 Å². The number of nitrogens with zero attached hydrogens (tertiary/aromatic N) is 1. The molecular weight excluding hydrogens is 251 g/mol. The monoisotopic (exact) mass is 253 g/mol. The first kappa shape index (κ1) is 10.2. The SMILES string of the molecule is O=Cc1nc(Br)c(F)cc1C(F)F. The summed E-state index contributed by atoms with van der Waals surface area (Å²) < 4.78 is 36.7. The van der Waals surface area contributed by atoms with Crippen molar-refractivity contribution < 1.29 is 18.0 Å². The van der Waals surface area contributed by atoms with Crippen molar-refractivity contribution in [1.29, 1.82) is 0 Å². The molecule has 0 aliphatic heterocycles. The molecule has 0 bridgehead atoms. The first-order valence-corrected chi connectivity index (χ1v) is 3.95. The van der Waals surface area contributed by atoms with E-state index in [1.165, 1.54) is 0 Å². The lowest BCUT2D eigenvalue weighted by Gasteiger charge is -2.03. The Hall–Kier alpha value is -0.910. The number of carbonyl (C=O) groups is 1. The van der Waals surface area contributed by atoms with E-state index in [4.69, 9.17) is 0 Å². The summed E-state index contributed by atoms with van der Waals surface area (Å²) in [6.07, 6.45) is -2.75. The zero-order valence-corrected chi connectivity index (χ0v) is 7.69. The van der Waals surface area contributed by atoms with Crippen molar-refractivity contribution in [3.05, 3.63) is 27.7 Å². The summed E-state index contributed by atoms with van der Waals surface area (Å²) in [6.45, 7) is 0. The molecular formula is C7H3BrF3NO. The molecule has 0 aliphatic rings. The fraction of sp³-hybridized carbons (Fsp3) is 0.143. The molecule has 0 aromatic carbocycles. The van der Waals surface area contributed by atoms with Crippen LogP contribution in [0.4, 0.5) is 13.2 Å². The predicted molar refractivity (Wildman–Crippen MR) is 42.2 cm³/mol. The van der Waals surface area contributed by atoms with Gasteiger partial charge in [0.1, 0.15) is 10.3 Å². The number of carbonyl (C=O) groups excluding carboxylic acids is 1. The van der Waals surface area contributed by atoms with Gasteiger partial charge >= 0.3 is 0 Å². The lowest BCUT2D eigenvalue weighted by atomic mass is 10.2. The predicted octanol–water partition coefficient (Wildman–Crippen LogP) is 2.73. The third kappa shape index (κ3) is 2.06. The zero-order chi connectivity index (χ0) is 10.0. The van der Waals surface area contributed by atoms with E-state index in [1.807, 2.05) is 0 Å². The van der Waals surface area contributed by atoms with Crippen molar-refractivity contribution in [2.75, 3.05) is 0 Å². The minimum Gasteiger partial charge on any atom is -0.296 e. The number of pyridine rings is 1. The number of hydrogen-bond donors (Lipinski definition) is 0. The average molecular weight is 254 g/mol. The minimum absolute atomic E-state index is 0.158. The Bertz CT molecular complexity index is 343. The van der Waals surface area contributed by atoms with E-state index in [-0.39, 0.29) is 10.9 Å². The summed E-state index contributed by atoms with van der Waals surface area (Å²) in [6, 6.07) is 0.589. The number of alkyl halides is 2. The first-order valence-electron chi connectivity index (χ1n) is 3.15. The zero-order valence-electron chi connectivity index (χ0n) is 6.10. The van der Waals surface area contributed by atoms with Crippen molar-refractivity contribution in [2.45, 2.75) is 6.43 Å². The van der Waals surface area contributed by atoms with Crippen LogP contribution in [0, 0.1) is 5.82 Å². The van der Waals surface area contributed by atoms with Crippen LogP contribution >= 0.6 is 15.9 Å². The molecule has 6 heteroatoms. The Labute approximate surface area is 79.9 Å². The summed E-state index contributed by atoms with van der Waals surface area (Å²) in [5, 5.41) is 0. The van der Waals surface area contributed by atoms with Crippen LogP contribution in [0.2, 0.25) is 0 Å². The van der Waals surface area contributed by atoms with Gasteiger partial charge in [-0.2, -0.15) is 0 Å². The van der Waals surface area contributed by atoms with E-state index in [2.05, 4.69) is 20.9 Å². The molecule has 0 unspecified atom stereocenters. The molecule has 0 spiro atoms. The molecule has 1 aromatic heterocycles. The highest BCUT2D eigenvalue weighted by molar-refractivity contribution is 9.10. The van der Waals surface area contributed by atoms with Crippen molar-refractivity contribution in [3.63, 3.8) is 0 Å². The van der Waals surface area contributed by atoms with Gasteiger partial charge in [0, 0.05) is 5.56 Å². The second-order valence-corrected chi connectivity index (χ2v) is 2.91. The maximum Gasteiger partial charge on any atom is 0.266 e. The lowest BCUT2D eigenvalue weighted by molar-refractivity contribution is 0.110. The molecule has 1 aromatic rings. The molecule has 0 atom stereocenters. The van der Waals surface area contributed by atoms with Crippen LogP contribution in [0.25, 0.3) is 0 Å². The Morgan fingerprint density at radius 3 is 2.62 bits per heavy atom. The highest BCUT2D eigenvalue weighted by Crippen LogP contribution is 2.24. The van der Waals surface area contributed by atoms with E-state index in [1.54, 1.807) is 0 Å². The largest absolute Gasteiger partial charge is 0.296 e. The van der Waals surface area contributed by atoms with E-state index in [9.17, 15) is 18.0 Å². The number of aldehydes is 1. The molecule has 0 saturated heterocycles. The molecule has 1 heterocycles. The normalized spacial score (nSPS) is 10.5. The third-order valence-corrected chi connectivity index (χ3v) is 1.90. The van der Waals surface area contributed by atoms with Crippen LogP contribution in [0.3, 0.4) is 0 Å². The van der Waals surface area contributed by atoms with Gasteiger partial charge in [0.05, 0.1) is 0 Å². The fourth-order valence-electron chi connectivity index (χ4n) is 0.763. The quantitative estimate of drug-likeness (QED) is 0.600. The van der Waals surface area contributed by atoms with Gasteiger partial charge < -0.3 is 0 Å². The van der Waals surface area contributed by atoms with Gasteiger partial charge in [-0.25, -0.2) is 18.2 Å². The lowest BCUT2D eigenvalue weighted by Crippen LogP contribution is -1.99. The molecule has 0 amide bonds. The second kappa shape index (κ2) is 3.87. The number of hydrogen-bond acceptors (Lipinski definition) is 2. The molecule has 70 valence electrons. The van der Waals surface area contributed by atoms with E-state index >= 15 is 0 Å². The van der Waals surface area contributed by atoms with Crippen LogP contribution in [0.5, 0.6) is 0 Å². The van der Waals surface area contributed by atoms with Gasteiger partial charge in [-0.3, -0.25) is 4.79 Å². The number of halogens is 4. The smallest absolute Gasteiger partial charge is 0.266 e. The second-order valence-electron chi connectivity index (χ2n) is 2.15. The van der Waals surface area contributed by atoms with Gasteiger partial charge in [0.2, 0.25) is 0 Å².